The molecule has 0 aliphatic carbocycles. The molecule has 0 bridgehead atoms. The molecule has 3 nitrogen and oxygen atoms in total. The first kappa shape index (κ1) is 12.7. The van der Waals surface area contributed by atoms with Crippen LogP contribution < -0.4 is 4.74 Å². The molecule has 1 aromatic carbocycles. The van der Waals surface area contributed by atoms with Crippen LogP contribution in [0.4, 0.5) is 0 Å². The van der Waals surface area contributed by atoms with Crippen LogP contribution in [-0.4, -0.2) is 25.6 Å². The van der Waals surface area contributed by atoms with Crippen molar-refractivity contribution in [1.29, 1.82) is 0 Å². The van der Waals surface area contributed by atoms with Crippen molar-refractivity contribution in [2.24, 2.45) is 0 Å². The quantitative estimate of drug-likeness (QED) is 0.359. The molecule has 0 aliphatic rings. The van der Waals surface area contributed by atoms with Gasteiger partial charge in [-0.3, -0.25) is 0 Å². The summed E-state index contributed by atoms with van der Waals surface area (Å²) in [5.41, 5.74) is 0.472. The van der Waals surface area contributed by atoms with Crippen LogP contribution in [0.3, 0.4) is 0 Å². The fourth-order valence-electron chi connectivity index (χ4n) is 1.09. The number of allylic oxidation sites excluding steroid dienone is 1. The fraction of sp³-hybridized carbons (Fsp3) is 0.167. The summed E-state index contributed by atoms with van der Waals surface area (Å²) < 4.78 is 4.99. The zero-order valence-electron chi connectivity index (χ0n) is 8.93. The number of hydrogen-bond acceptors (Lipinski definition) is 3. The predicted molar refractivity (Wildman–Crippen MR) is 62.8 cm³/mol. The molecule has 0 unspecified atom stereocenters. The predicted octanol–water partition coefficient (Wildman–Crippen LogP) is 2.06. The van der Waals surface area contributed by atoms with Crippen molar-refractivity contribution in [1.82, 2.24) is 0 Å². The van der Waals surface area contributed by atoms with Crippen LogP contribution in [0.5, 0.6) is 5.75 Å². The Kier molecular flexibility index (Phi) is 4.96. The molecule has 4 heteroatoms. The monoisotopic (exact) mass is 284 g/mol. The van der Waals surface area contributed by atoms with Crippen LogP contribution in [0.25, 0.3) is 0 Å². The number of rotatable bonds is 5. The summed E-state index contributed by atoms with van der Waals surface area (Å²) in [5.74, 6) is -0.0811. The Balaban J connectivity index is 2.89. The average Bonchev–Trinajstić information content (AvgIpc) is 2.26. The van der Waals surface area contributed by atoms with Gasteiger partial charge in [-0.25, -0.2) is 0 Å². The molecular formula is C12H12O3Se. The van der Waals surface area contributed by atoms with Gasteiger partial charge in [-0.1, -0.05) is 0 Å². The molecule has 0 saturated carbocycles. The molecule has 84 valence electrons. The maximum absolute atomic E-state index is 11.8. The van der Waals surface area contributed by atoms with Crippen molar-refractivity contribution in [3.63, 3.8) is 0 Å². The standard InChI is InChI=1S/C12H12O3Se/c1-3-8-16-12(14)10-6-4-5-7-11(10)15-9(2)13/h3-7H,1,8H2,2H3. The second-order valence-electron chi connectivity index (χ2n) is 2.98. The Morgan fingerprint density at radius 1 is 1.44 bits per heavy atom. The third kappa shape index (κ3) is 3.65. The normalized spacial score (nSPS) is 9.56. The zero-order chi connectivity index (χ0) is 12.0. The number of carbonyl (C=O) groups is 2. The van der Waals surface area contributed by atoms with E-state index in [0.29, 0.717) is 16.6 Å². The Morgan fingerprint density at radius 2 is 2.12 bits per heavy atom. The second kappa shape index (κ2) is 6.26. The Morgan fingerprint density at radius 3 is 2.75 bits per heavy atom. The minimum absolute atomic E-state index is 0.0178. The van der Waals surface area contributed by atoms with Gasteiger partial charge >= 0.3 is 100 Å². The molecule has 1 aromatic rings. The van der Waals surface area contributed by atoms with Crippen LogP contribution in [0.15, 0.2) is 36.9 Å². The van der Waals surface area contributed by atoms with E-state index in [2.05, 4.69) is 6.58 Å². The molecule has 0 aromatic heterocycles. The number of ether oxygens (including phenoxy) is 1. The van der Waals surface area contributed by atoms with Crippen LogP contribution in [0, 0.1) is 0 Å². The van der Waals surface area contributed by atoms with E-state index in [9.17, 15) is 9.59 Å². The molecule has 0 N–H and O–H groups in total. The maximum atomic E-state index is 11.8. The van der Waals surface area contributed by atoms with Gasteiger partial charge in [0.05, 0.1) is 0 Å². The Hall–Kier alpha value is -1.38. The van der Waals surface area contributed by atoms with Gasteiger partial charge in [0.25, 0.3) is 0 Å². The van der Waals surface area contributed by atoms with E-state index < -0.39 is 5.97 Å². The van der Waals surface area contributed by atoms with Gasteiger partial charge in [-0.15, -0.1) is 0 Å². The number of carbonyl (C=O) groups excluding carboxylic acids is 2. The van der Waals surface area contributed by atoms with E-state index >= 15 is 0 Å². The molecule has 1 rings (SSSR count). The molecule has 0 amide bonds. The third-order valence-electron chi connectivity index (χ3n) is 1.69. The third-order valence-corrected chi connectivity index (χ3v) is 3.55. The molecule has 0 radical (unpaired) electrons. The van der Waals surface area contributed by atoms with E-state index in [4.69, 9.17) is 4.74 Å². The molecule has 16 heavy (non-hydrogen) atoms. The van der Waals surface area contributed by atoms with E-state index in [1.54, 1.807) is 30.3 Å². The zero-order valence-corrected chi connectivity index (χ0v) is 10.6. The first-order valence-corrected chi connectivity index (χ1v) is 6.77. The van der Waals surface area contributed by atoms with Crippen molar-refractivity contribution >= 4 is 25.6 Å². The van der Waals surface area contributed by atoms with Crippen molar-refractivity contribution in [3.05, 3.63) is 42.5 Å². The first-order chi connectivity index (χ1) is 7.65. The van der Waals surface area contributed by atoms with E-state index in [1.807, 2.05) is 0 Å². The number of benzene rings is 1. The first-order valence-electron chi connectivity index (χ1n) is 4.70. The molecule has 0 spiro atoms. The van der Waals surface area contributed by atoms with Crippen molar-refractivity contribution in [3.8, 4) is 5.75 Å². The van der Waals surface area contributed by atoms with Crippen LogP contribution >= 0.6 is 0 Å². The topological polar surface area (TPSA) is 43.4 Å². The number of hydrogen-bond donors (Lipinski definition) is 0. The molecular weight excluding hydrogens is 271 g/mol. The summed E-state index contributed by atoms with van der Waals surface area (Å²) in [5, 5.41) is 0.681. The number of para-hydroxylation sites is 1. The van der Waals surface area contributed by atoms with Gasteiger partial charge < -0.3 is 0 Å². The molecule has 0 heterocycles. The van der Waals surface area contributed by atoms with Crippen LogP contribution in [-0.2, 0) is 4.79 Å². The van der Waals surface area contributed by atoms with Crippen molar-refractivity contribution < 1.29 is 14.3 Å². The molecule has 0 saturated heterocycles. The molecule has 0 fully saturated rings. The van der Waals surface area contributed by atoms with Crippen molar-refractivity contribution in [2.75, 3.05) is 0 Å². The summed E-state index contributed by atoms with van der Waals surface area (Å²) in [7, 11) is 0. The van der Waals surface area contributed by atoms with E-state index in [0.717, 1.165) is 0 Å². The van der Waals surface area contributed by atoms with Gasteiger partial charge in [-0.2, -0.15) is 0 Å². The summed E-state index contributed by atoms with van der Waals surface area (Å²) in [4.78, 5) is 22.7. The van der Waals surface area contributed by atoms with Gasteiger partial charge in [0.15, 0.2) is 0 Å². The van der Waals surface area contributed by atoms with Crippen molar-refractivity contribution in [2.45, 2.75) is 12.2 Å². The second-order valence-corrected chi connectivity index (χ2v) is 5.06. The van der Waals surface area contributed by atoms with Crippen LogP contribution in [0.2, 0.25) is 5.32 Å². The van der Waals surface area contributed by atoms with Gasteiger partial charge in [0, 0.05) is 0 Å². The average molecular weight is 283 g/mol. The minimum atomic E-state index is -0.420. The summed E-state index contributed by atoms with van der Waals surface area (Å²) in [6.07, 6.45) is 1.71. The van der Waals surface area contributed by atoms with E-state index in [1.165, 1.54) is 6.92 Å². The van der Waals surface area contributed by atoms with Crippen LogP contribution in [0.1, 0.15) is 17.3 Å². The fourth-order valence-corrected chi connectivity index (χ4v) is 2.34. The van der Waals surface area contributed by atoms with Gasteiger partial charge in [0.2, 0.25) is 0 Å². The van der Waals surface area contributed by atoms with Gasteiger partial charge in [-0.05, 0) is 0 Å². The molecule has 0 aliphatic heterocycles. The summed E-state index contributed by atoms with van der Waals surface area (Å²) in [6.45, 7) is 4.89. The molecule has 0 atom stereocenters. The van der Waals surface area contributed by atoms with Gasteiger partial charge in [0.1, 0.15) is 0 Å². The Bertz CT molecular complexity index is 412. The summed E-state index contributed by atoms with van der Waals surface area (Å²) >= 11 is -0.183. The Labute approximate surface area is 101 Å². The van der Waals surface area contributed by atoms with E-state index in [-0.39, 0.29) is 19.6 Å². The number of esters is 1. The SMILES string of the molecule is C=CC[Se]C(=O)c1ccccc1OC(C)=O. The summed E-state index contributed by atoms with van der Waals surface area (Å²) in [6, 6.07) is 6.78.